The summed E-state index contributed by atoms with van der Waals surface area (Å²) >= 11 is 0. The second kappa shape index (κ2) is 8.20. The first-order valence-corrected chi connectivity index (χ1v) is 5.11. The molecule has 5 heteroatoms. The fourth-order valence-corrected chi connectivity index (χ4v) is 0.774. The molecule has 0 aromatic carbocycles. The van der Waals surface area contributed by atoms with Crippen LogP contribution in [0.1, 0.15) is 0 Å². The Morgan fingerprint density at radius 1 is 1.23 bits per heavy atom. The van der Waals surface area contributed by atoms with Gasteiger partial charge in [0.25, 0.3) is 0 Å². The van der Waals surface area contributed by atoms with Crippen LogP contribution in [-0.2, 0) is 4.57 Å². The summed E-state index contributed by atoms with van der Waals surface area (Å²) in [6.45, 7) is 9.37. The number of rotatable bonds is 4. The van der Waals surface area contributed by atoms with Gasteiger partial charge in [0, 0.05) is 0 Å². The van der Waals surface area contributed by atoms with E-state index in [-0.39, 0.29) is 0 Å². The maximum absolute atomic E-state index is 8.74. The van der Waals surface area contributed by atoms with Crippen molar-refractivity contribution in [3.63, 3.8) is 0 Å². The Morgan fingerprint density at radius 2 is 1.46 bits per heavy atom. The number of hydrogen-bond acceptors (Lipinski definition) is 1. The van der Waals surface area contributed by atoms with E-state index in [4.69, 9.17) is 14.4 Å². The van der Waals surface area contributed by atoms with Crippen LogP contribution < -0.4 is 0 Å². The summed E-state index contributed by atoms with van der Waals surface area (Å²) in [6.07, 6.45) is 3.87. The van der Waals surface area contributed by atoms with Gasteiger partial charge in [-0.15, -0.1) is 0 Å². The van der Waals surface area contributed by atoms with Crippen molar-refractivity contribution in [2.45, 2.75) is 0 Å². The van der Waals surface area contributed by atoms with E-state index in [1.165, 1.54) is 0 Å². The SMILES string of the molecule is C=CC[N+](C)(C)CC=C.O=[PH](O)O. The lowest BCUT2D eigenvalue weighted by Gasteiger charge is -2.26. The third-order valence-electron chi connectivity index (χ3n) is 1.25. The van der Waals surface area contributed by atoms with Gasteiger partial charge in [0.2, 0.25) is 0 Å². The van der Waals surface area contributed by atoms with Crippen molar-refractivity contribution >= 4 is 8.25 Å². The molecule has 0 spiro atoms. The molecule has 0 amide bonds. The molecule has 2 N–H and O–H groups in total. The van der Waals surface area contributed by atoms with Crippen LogP contribution in [0.15, 0.2) is 25.3 Å². The fourth-order valence-electron chi connectivity index (χ4n) is 0.774. The van der Waals surface area contributed by atoms with Gasteiger partial charge < -0.3 is 14.3 Å². The van der Waals surface area contributed by atoms with Crippen LogP contribution in [0.2, 0.25) is 0 Å². The highest BCUT2D eigenvalue weighted by Crippen LogP contribution is 1.98. The van der Waals surface area contributed by atoms with Crippen molar-refractivity contribution in [1.29, 1.82) is 0 Å². The highest BCUT2D eigenvalue weighted by atomic mass is 31.1. The minimum absolute atomic E-state index is 0.951. The monoisotopic (exact) mass is 208 g/mol. The Hall–Kier alpha value is -0.410. The van der Waals surface area contributed by atoms with E-state index in [1.54, 1.807) is 0 Å². The summed E-state index contributed by atoms with van der Waals surface area (Å²) in [5, 5.41) is 0. The highest BCUT2D eigenvalue weighted by molar-refractivity contribution is 7.30. The first kappa shape index (κ1) is 15.1. The zero-order valence-corrected chi connectivity index (χ0v) is 9.23. The predicted molar refractivity (Wildman–Crippen MR) is 55.7 cm³/mol. The van der Waals surface area contributed by atoms with Crippen LogP contribution in [0.3, 0.4) is 0 Å². The van der Waals surface area contributed by atoms with Crippen LogP contribution in [0.4, 0.5) is 0 Å². The van der Waals surface area contributed by atoms with Crippen molar-refractivity contribution in [1.82, 2.24) is 0 Å². The van der Waals surface area contributed by atoms with E-state index in [9.17, 15) is 0 Å². The van der Waals surface area contributed by atoms with Crippen molar-refractivity contribution < 1.29 is 18.8 Å². The first-order valence-electron chi connectivity index (χ1n) is 3.81. The summed E-state index contributed by atoms with van der Waals surface area (Å²) in [5.41, 5.74) is 0. The zero-order valence-electron chi connectivity index (χ0n) is 8.23. The van der Waals surface area contributed by atoms with Crippen molar-refractivity contribution in [2.24, 2.45) is 0 Å². The lowest BCUT2D eigenvalue weighted by Crippen LogP contribution is -2.39. The molecular formula is C8H19NO3P+. The summed E-state index contributed by atoms with van der Waals surface area (Å²) in [7, 11) is 1.18. The maximum Gasteiger partial charge on any atom is 0.314 e. The topological polar surface area (TPSA) is 57.5 Å². The summed E-state index contributed by atoms with van der Waals surface area (Å²) in [4.78, 5) is 14.3. The lowest BCUT2D eigenvalue weighted by atomic mass is 10.4. The van der Waals surface area contributed by atoms with Gasteiger partial charge in [-0.2, -0.15) is 0 Å². The van der Waals surface area contributed by atoms with E-state index in [0.29, 0.717) is 0 Å². The van der Waals surface area contributed by atoms with Gasteiger partial charge in [-0.25, -0.2) is 0 Å². The first-order chi connectivity index (χ1) is 5.85. The van der Waals surface area contributed by atoms with Crippen LogP contribution in [0.25, 0.3) is 0 Å². The molecule has 0 aliphatic rings. The van der Waals surface area contributed by atoms with Crippen LogP contribution in [0, 0.1) is 0 Å². The summed E-state index contributed by atoms with van der Waals surface area (Å²) in [5.74, 6) is 0. The van der Waals surface area contributed by atoms with Gasteiger partial charge in [-0.3, -0.25) is 4.57 Å². The minimum Gasteiger partial charge on any atom is -0.326 e. The van der Waals surface area contributed by atoms with Gasteiger partial charge in [0.1, 0.15) is 0 Å². The second-order valence-corrected chi connectivity index (χ2v) is 3.73. The van der Waals surface area contributed by atoms with Crippen LogP contribution in [-0.4, -0.2) is 41.5 Å². The molecule has 0 aromatic rings. The predicted octanol–water partition coefficient (Wildman–Crippen LogP) is 0.795. The number of nitrogens with zero attached hydrogens (tertiary/aromatic N) is 1. The molecule has 4 nitrogen and oxygen atoms in total. The fraction of sp³-hybridized carbons (Fsp3) is 0.500. The largest absolute Gasteiger partial charge is 0.326 e. The second-order valence-electron chi connectivity index (χ2n) is 3.16. The highest BCUT2D eigenvalue weighted by Gasteiger charge is 2.07. The Kier molecular flexibility index (Phi) is 9.51. The molecule has 0 atom stereocenters. The molecule has 0 aliphatic heterocycles. The quantitative estimate of drug-likeness (QED) is 0.408. The van der Waals surface area contributed by atoms with Crippen LogP contribution >= 0.6 is 8.25 Å². The average molecular weight is 208 g/mol. The Morgan fingerprint density at radius 3 is 1.62 bits per heavy atom. The van der Waals surface area contributed by atoms with Crippen molar-refractivity contribution in [3.05, 3.63) is 25.3 Å². The smallest absolute Gasteiger partial charge is 0.314 e. The molecule has 0 rings (SSSR count). The molecule has 0 saturated heterocycles. The third kappa shape index (κ3) is 18.5. The maximum atomic E-state index is 8.74. The molecule has 0 unspecified atom stereocenters. The normalized spacial score (nSPS) is 10.2. The molecule has 13 heavy (non-hydrogen) atoms. The molecule has 0 aromatic heterocycles. The zero-order chi connectivity index (χ0) is 10.9. The van der Waals surface area contributed by atoms with Gasteiger partial charge in [0.05, 0.1) is 27.2 Å². The van der Waals surface area contributed by atoms with E-state index in [0.717, 1.165) is 17.6 Å². The third-order valence-corrected chi connectivity index (χ3v) is 1.25. The Labute approximate surface area is 80.4 Å². The van der Waals surface area contributed by atoms with Gasteiger partial charge in [-0.1, -0.05) is 13.2 Å². The van der Waals surface area contributed by atoms with Crippen molar-refractivity contribution in [2.75, 3.05) is 27.2 Å². The van der Waals surface area contributed by atoms with E-state index in [1.807, 2.05) is 12.2 Å². The van der Waals surface area contributed by atoms with Gasteiger partial charge in [-0.05, 0) is 12.2 Å². The van der Waals surface area contributed by atoms with E-state index >= 15 is 0 Å². The molecule has 0 heterocycles. The number of hydrogen-bond donors (Lipinski definition) is 2. The summed E-state index contributed by atoms with van der Waals surface area (Å²) in [6, 6.07) is 0. The molecule has 0 aliphatic carbocycles. The number of likely N-dealkylation sites (N-methyl/N-ethyl adjacent to an activating group) is 1. The van der Waals surface area contributed by atoms with Gasteiger partial charge >= 0.3 is 8.25 Å². The number of quaternary nitrogens is 1. The van der Waals surface area contributed by atoms with E-state index in [2.05, 4.69) is 27.3 Å². The average Bonchev–Trinajstić information content (AvgIpc) is 1.84. The Balaban J connectivity index is 0. The Bertz CT molecular complexity index is 164. The van der Waals surface area contributed by atoms with Crippen LogP contribution in [0.5, 0.6) is 0 Å². The molecule has 0 bridgehead atoms. The van der Waals surface area contributed by atoms with Crippen molar-refractivity contribution in [3.8, 4) is 0 Å². The summed E-state index contributed by atoms with van der Waals surface area (Å²) < 4.78 is 9.69. The van der Waals surface area contributed by atoms with Gasteiger partial charge in [0.15, 0.2) is 0 Å². The molecular weight excluding hydrogens is 189 g/mol. The lowest BCUT2D eigenvalue weighted by molar-refractivity contribution is -0.878. The molecule has 0 radical (unpaired) electrons. The standard InChI is InChI=1S/C8H16N.H3O3P/c1-5-7-9(3,4)8-6-2;1-4(2)3/h5-6H,1-2,7-8H2,3-4H3;4H,(H2,1,2,3)/q+1;. The minimum atomic E-state index is -3.13. The molecule has 0 fully saturated rings. The molecule has 0 saturated carbocycles. The van der Waals surface area contributed by atoms with E-state index < -0.39 is 8.25 Å². The molecule has 78 valence electrons.